The Balaban J connectivity index is 2.86. The van der Waals surface area contributed by atoms with Crippen LogP contribution in [0.3, 0.4) is 0 Å². The first-order valence-corrected chi connectivity index (χ1v) is 8.97. The van der Waals surface area contributed by atoms with Gasteiger partial charge >= 0.3 is 6.03 Å². The highest BCUT2D eigenvalue weighted by molar-refractivity contribution is 7.98. The van der Waals surface area contributed by atoms with Gasteiger partial charge in [0, 0.05) is 18.2 Å². The van der Waals surface area contributed by atoms with Crippen molar-refractivity contribution in [1.29, 1.82) is 0 Å². The monoisotopic (exact) mass is 371 g/mol. The predicted molar refractivity (Wildman–Crippen MR) is 97.5 cm³/mol. The highest BCUT2D eigenvalue weighted by Gasteiger charge is 2.20. The number of nitrogens with two attached hydrogens (primary N) is 1. The van der Waals surface area contributed by atoms with E-state index in [1.165, 1.54) is 21.3 Å². The third-order valence-electron chi connectivity index (χ3n) is 3.48. The van der Waals surface area contributed by atoms with Gasteiger partial charge in [-0.3, -0.25) is 4.79 Å². The molecule has 0 aliphatic carbocycles. The minimum Gasteiger partial charge on any atom is -0.496 e. The van der Waals surface area contributed by atoms with E-state index in [0.717, 1.165) is 11.3 Å². The summed E-state index contributed by atoms with van der Waals surface area (Å²) in [5, 5.41) is 5.24. The van der Waals surface area contributed by atoms with Gasteiger partial charge in [0.2, 0.25) is 5.91 Å². The van der Waals surface area contributed by atoms with Crippen molar-refractivity contribution in [3.63, 3.8) is 0 Å². The summed E-state index contributed by atoms with van der Waals surface area (Å²) in [6, 6.07) is 2.00. The molecular formula is C16H25N3O5S. The van der Waals surface area contributed by atoms with E-state index < -0.39 is 12.1 Å². The number of carbonyl (C=O) groups is 2. The molecule has 3 amide bonds. The van der Waals surface area contributed by atoms with Gasteiger partial charge in [-0.2, -0.15) is 11.8 Å². The van der Waals surface area contributed by atoms with E-state index in [4.69, 9.17) is 19.9 Å². The molecule has 4 N–H and O–H groups in total. The van der Waals surface area contributed by atoms with Crippen LogP contribution in [0.4, 0.5) is 4.79 Å². The van der Waals surface area contributed by atoms with Crippen molar-refractivity contribution in [2.45, 2.75) is 19.0 Å². The third kappa shape index (κ3) is 6.26. The van der Waals surface area contributed by atoms with Crippen LogP contribution in [0.5, 0.6) is 17.2 Å². The minimum atomic E-state index is -0.732. The molecule has 0 saturated heterocycles. The molecule has 0 aliphatic rings. The maximum atomic E-state index is 12.3. The standard InChI is InChI=1S/C16H25N3O5S/c1-22-12-8-14(24-3)13(23-2)7-10(12)9-18-15(20)11(5-6-25-4)19-16(17)21/h7-8,11H,5-6,9H2,1-4H3,(H,18,20)(H3,17,19,21)/t11-/m1/s1. The maximum Gasteiger partial charge on any atom is 0.312 e. The molecule has 140 valence electrons. The van der Waals surface area contributed by atoms with Crippen LogP contribution < -0.4 is 30.6 Å². The number of amides is 3. The molecule has 1 aromatic carbocycles. The SMILES string of the molecule is COc1cc(OC)c(OC)cc1CNC(=O)[C@@H](CCSC)NC(N)=O. The summed E-state index contributed by atoms with van der Waals surface area (Å²) in [5.74, 6) is 2.02. The average molecular weight is 371 g/mol. The topological polar surface area (TPSA) is 112 Å². The second-order valence-electron chi connectivity index (χ2n) is 5.08. The molecule has 0 fully saturated rings. The summed E-state index contributed by atoms with van der Waals surface area (Å²) in [6.45, 7) is 0.207. The van der Waals surface area contributed by atoms with Crippen LogP contribution in [0.25, 0.3) is 0 Å². The van der Waals surface area contributed by atoms with Crippen molar-refractivity contribution in [1.82, 2.24) is 10.6 Å². The third-order valence-corrected chi connectivity index (χ3v) is 4.13. The number of thioether (sulfide) groups is 1. The molecule has 0 saturated carbocycles. The van der Waals surface area contributed by atoms with Gasteiger partial charge in [-0.15, -0.1) is 0 Å². The lowest BCUT2D eigenvalue weighted by Crippen LogP contribution is -2.48. The van der Waals surface area contributed by atoms with E-state index in [2.05, 4.69) is 10.6 Å². The van der Waals surface area contributed by atoms with Crippen LogP contribution in [0.2, 0.25) is 0 Å². The highest BCUT2D eigenvalue weighted by Crippen LogP contribution is 2.34. The fraction of sp³-hybridized carbons (Fsp3) is 0.500. The average Bonchev–Trinajstić information content (AvgIpc) is 2.61. The van der Waals surface area contributed by atoms with E-state index in [1.807, 2.05) is 6.26 Å². The van der Waals surface area contributed by atoms with Crippen molar-refractivity contribution < 1.29 is 23.8 Å². The van der Waals surface area contributed by atoms with Crippen molar-refractivity contribution in [3.05, 3.63) is 17.7 Å². The van der Waals surface area contributed by atoms with Crippen molar-refractivity contribution in [3.8, 4) is 17.2 Å². The number of rotatable bonds is 10. The molecule has 1 atom stereocenters. The Morgan fingerprint density at radius 1 is 1.12 bits per heavy atom. The van der Waals surface area contributed by atoms with Crippen molar-refractivity contribution in [2.75, 3.05) is 33.3 Å². The van der Waals surface area contributed by atoms with E-state index in [-0.39, 0.29) is 12.5 Å². The number of urea groups is 1. The van der Waals surface area contributed by atoms with Crippen LogP contribution >= 0.6 is 11.8 Å². The zero-order chi connectivity index (χ0) is 18.8. The molecule has 8 nitrogen and oxygen atoms in total. The Hall–Kier alpha value is -2.29. The van der Waals surface area contributed by atoms with Crippen LogP contribution in [0.1, 0.15) is 12.0 Å². The molecule has 9 heteroatoms. The van der Waals surface area contributed by atoms with E-state index >= 15 is 0 Å². The Bertz CT molecular complexity index is 597. The molecule has 0 radical (unpaired) electrons. The zero-order valence-electron chi connectivity index (χ0n) is 14.9. The van der Waals surface area contributed by atoms with E-state index in [0.29, 0.717) is 23.7 Å². The predicted octanol–water partition coefficient (Wildman–Crippen LogP) is 1.12. The van der Waals surface area contributed by atoms with Gasteiger partial charge in [-0.25, -0.2) is 4.79 Å². The summed E-state index contributed by atoms with van der Waals surface area (Å²) in [4.78, 5) is 23.4. The second-order valence-corrected chi connectivity index (χ2v) is 6.07. The largest absolute Gasteiger partial charge is 0.496 e. The molecule has 1 rings (SSSR count). The highest BCUT2D eigenvalue weighted by atomic mass is 32.2. The van der Waals surface area contributed by atoms with Gasteiger partial charge in [0.15, 0.2) is 11.5 Å². The molecule has 0 heterocycles. The quantitative estimate of drug-likeness (QED) is 0.568. The van der Waals surface area contributed by atoms with Crippen molar-refractivity contribution in [2.24, 2.45) is 5.73 Å². The van der Waals surface area contributed by atoms with Gasteiger partial charge < -0.3 is 30.6 Å². The second kappa shape index (κ2) is 10.5. The summed E-state index contributed by atoms with van der Waals surface area (Å²) < 4.78 is 15.8. The Morgan fingerprint density at radius 3 is 2.24 bits per heavy atom. The number of methoxy groups -OCH3 is 3. The first kappa shape index (κ1) is 20.8. The molecular weight excluding hydrogens is 346 g/mol. The molecule has 0 bridgehead atoms. The first-order valence-electron chi connectivity index (χ1n) is 7.58. The smallest absolute Gasteiger partial charge is 0.312 e. The number of ether oxygens (including phenoxy) is 3. The molecule has 0 unspecified atom stereocenters. The normalized spacial score (nSPS) is 11.4. The van der Waals surface area contributed by atoms with Crippen LogP contribution in [-0.4, -0.2) is 51.3 Å². The van der Waals surface area contributed by atoms with Crippen LogP contribution in [0.15, 0.2) is 12.1 Å². The Morgan fingerprint density at radius 2 is 1.72 bits per heavy atom. The number of primary amides is 1. The molecule has 25 heavy (non-hydrogen) atoms. The number of hydrogen-bond acceptors (Lipinski definition) is 6. The van der Waals surface area contributed by atoms with Gasteiger partial charge in [-0.05, 0) is 24.5 Å². The molecule has 1 aromatic rings. The lowest BCUT2D eigenvalue weighted by molar-refractivity contribution is -0.123. The van der Waals surface area contributed by atoms with Crippen LogP contribution in [-0.2, 0) is 11.3 Å². The van der Waals surface area contributed by atoms with E-state index in [9.17, 15) is 9.59 Å². The van der Waals surface area contributed by atoms with Crippen LogP contribution in [0, 0.1) is 0 Å². The van der Waals surface area contributed by atoms with Gasteiger partial charge in [0.1, 0.15) is 11.8 Å². The molecule has 0 aliphatic heterocycles. The lowest BCUT2D eigenvalue weighted by Gasteiger charge is -2.18. The fourth-order valence-corrected chi connectivity index (χ4v) is 2.68. The summed E-state index contributed by atoms with van der Waals surface area (Å²) in [7, 11) is 4.59. The summed E-state index contributed by atoms with van der Waals surface area (Å²) >= 11 is 1.58. The maximum absolute atomic E-state index is 12.3. The zero-order valence-corrected chi connectivity index (χ0v) is 15.7. The number of hydrogen-bond donors (Lipinski definition) is 3. The number of nitrogens with one attached hydrogen (secondary N) is 2. The van der Waals surface area contributed by atoms with Gasteiger partial charge in [-0.1, -0.05) is 0 Å². The van der Waals surface area contributed by atoms with E-state index in [1.54, 1.807) is 23.9 Å². The number of carbonyl (C=O) groups excluding carboxylic acids is 2. The van der Waals surface area contributed by atoms with Gasteiger partial charge in [0.25, 0.3) is 0 Å². The minimum absolute atomic E-state index is 0.207. The first-order chi connectivity index (χ1) is 12.0. The fourth-order valence-electron chi connectivity index (χ4n) is 2.21. The number of benzene rings is 1. The molecule has 0 spiro atoms. The molecule has 0 aromatic heterocycles. The van der Waals surface area contributed by atoms with Crippen molar-refractivity contribution >= 4 is 23.7 Å². The lowest BCUT2D eigenvalue weighted by atomic mass is 10.1. The van der Waals surface area contributed by atoms with Gasteiger partial charge in [0.05, 0.1) is 21.3 Å². The Kier molecular flexibility index (Phi) is 8.76. The summed E-state index contributed by atoms with van der Waals surface area (Å²) in [5.41, 5.74) is 5.86. The summed E-state index contributed by atoms with van der Waals surface area (Å²) in [6.07, 6.45) is 2.41. The Labute approximate surface area is 151 Å².